The lowest BCUT2D eigenvalue weighted by Crippen LogP contribution is -2.20. The predicted molar refractivity (Wildman–Crippen MR) is 98.1 cm³/mol. The molecule has 3 rings (SSSR count). The molecule has 0 saturated carbocycles. The Labute approximate surface area is 141 Å². The van der Waals surface area contributed by atoms with Gasteiger partial charge in [0.25, 0.3) is 5.91 Å². The van der Waals surface area contributed by atoms with E-state index >= 15 is 0 Å². The summed E-state index contributed by atoms with van der Waals surface area (Å²) in [5.74, 6) is -0.0876. The summed E-state index contributed by atoms with van der Waals surface area (Å²) in [5.41, 5.74) is 4.36. The number of rotatable bonds is 6. The van der Waals surface area contributed by atoms with Crippen molar-refractivity contribution in [1.29, 1.82) is 0 Å². The molecule has 0 spiro atoms. The number of methoxy groups -OCH3 is 1. The molecule has 1 amide bonds. The SMILES string of the molecule is COCC(C)Nc1ccc(N/C=C2/C(=O)Nc3ccccc32)cc1. The zero-order chi connectivity index (χ0) is 16.9. The van der Waals surface area contributed by atoms with E-state index in [4.69, 9.17) is 4.74 Å². The van der Waals surface area contributed by atoms with Gasteiger partial charge in [0.1, 0.15) is 0 Å². The molecule has 1 atom stereocenters. The van der Waals surface area contributed by atoms with Gasteiger partial charge in [0.15, 0.2) is 0 Å². The topological polar surface area (TPSA) is 62.4 Å². The number of hydrogen-bond acceptors (Lipinski definition) is 4. The summed E-state index contributed by atoms with van der Waals surface area (Å²) in [6.07, 6.45) is 1.75. The number of ether oxygens (including phenoxy) is 1. The highest BCUT2D eigenvalue weighted by molar-refractivity contribution is 6.31. The van der Waals surface area contributed by atoms with Crippen LogP contribution in [0.2, 0.25) is 0 Å². The molecule has 24 heavy (non-hydrogen) atoms. The number of para-hydroxylation sites is 1. The Hall–Kier alpha value is -2.79. The zero-order valence-corrected chi connectivity index (χ0v) is 13.8. The van der Waals surface area contributed by atoms with Crippen molar-refractivity contribution in [3.8, 4) is 0 Å². The predicted octanol–water partition coefficient (Wildman–Crippen LogP) is 3.54. The van der Waals surface area contributed by atoms with Crippen molar-refractivity contribution in [3.63, 3.8) is 0 Å². The molecule has 0 fully saturated rings. The maximum atomic E-state index is 12.0. The van der Waals surface area contributed by atoms with E-state index in [2.05, 4.69) is 22.9 Å². The lowest BCUT2D eigenvalue weighted by molar-refractivity contribution is -0.110. The van der Waals surface area contributed by atoms with Crippen molar-refractivity contribution < 1.29 is 9.53 Å². The third-order valence-electron chi connectivity index (χ3n) is 3.81. The molecule has 0 aromatic heterocycles. The molecule has 124 valence electrons. The first kappa shape index (κ1) is 16.1. The van der Waals surface area contributed by atoms with Crippen molar-refractivity contribution in [1.82, 2.24) is 0 Å². The number of benzene rings is 2. The Morgan fingerprint density at radius 1 is 1.12 bits per heavy atom. The standard InChI is InChI=1S/C19H21N3O2/c1-13(12-24-2)21-15-9-7-14(8-10-15)20-11-17-16-5-3-4-6-18(16)22-19(17)23/h3-11,13,20-21H,12H2,1-2H3,(H,22,23)/b17-11+. The molecule has 2 aromatic rings. The lowest BCUT2D eigenvalue weighted by Gasteiger charge is -2.14. The third kappa shape index (κ3) is 3.58. The number of carbonyl (C=O) groups excluding carboxylic acids is 1. The molecular formula is C19H21N3O2. The number of hydrogen-bond donors (Lipinski definition) is 3. The van der Waals surface area contributed by atoms with Crippen LogP contribution >= 0.6 is 0 Å². The molecule has 1 aliphatic heterocycles. The van der Waals surface area contributed by atoms with Gasteiger partial charge in [-0.15, -0.1) is 0 Å². The van der Waals surface area contributed by atoms with Crippen molar-refractivity contribution in [3.05, 3.63) is 60.3 Å². The number of amides is 1. The van der Waals surface area contributed by atoms with Gasteiger partial charge in [-0.1, -0.05) is 18.2 Å². The average Bonchev–Trinajstić information content (AvgIpc) is 2.90. The van der Waals surface area contributed by atoms with Gasteiger partial charge in [0, 0.05) is 42.0 Å². The molecule has 0 radical (unpaired) electrons. The molecule has 1 heterocycles. The van der Waals surface area contributed by atoms with Crippen LogP contribution in [-0.4, -0.2) is 25.7 Å². The van der Waals surface area contributed by atoms with Crippen LogP contribution in [0.5, 0.6) is 0 Å². The van der Waals surface area contributed by atoms with Gasteiger partial charge in [0.2, 0.25) is 0 Å². The smallest absolute Gasteiger partial charge is 0.257 e. The highest BCUT2D eigenvalue weighted by atomic mass is 16.5. The van der Waals surface area contributed by atoms with E-state index in [1.165, 1.54) is 0 Å². The molecular weight excluding hydrogens is 302 g/mol. The van der Waals surface area contributed by atoms with Gasteiger partial charge in [-0.3, -0.25) is 4.79 Å². The first-order valence-electron chi connectivity index (χ1n) is 7.90. The fourth-order valence-corrected chi connectivity index (χ4v) is 2.68. The first-order chi connectivity index (χ1) is 11.7. The van der Waals surface area contributed by atoms with Gasteiger partial charge in [-0.25, -0.2) is 0 Å². The summed E-state index contributed by atoms with van der Waals surface area (Å²) >= 11 is 0. The molecule has 5 heteroatoms. The van der Waals surface area contributed by atoms with E-state index in [0.717, 1.165) is 22.6 Å². The largest absolute Gasteiger partial charge is 0.383 e. The van der Waals surface area contributed by atoms with Crippen LogP contribution in [0.4, 0.5) is 17.1 Å². The van der Waals surface area contributed by atoms with E-state index in [1.54, 1.807) is 13.3 Å². The number of fused-ring (bicyclic) bond motifs is 1. The van der Waals surface area contributed by atoms with E-state index in [1.807, 2.05) is 48.5 Å². The van der Waals surface area contributed by atoms with Gasteiger partial charge < -0.3 is 20.7 Å². The minimum atomic E-state index is -0.0876. The number of anilines is 3. The quantitative estimate of drug-likeness (QED) is 0.712. The van der Waals surface area contributed by atoms with Crippen LogP contribution in [0.25, 0.3) is 5.57 Å². The lowest BCUT2D eigenvalue weighted by atomic mass is 10.1. The second-order valence-corrected chi connectivity index (χ2v) is 5.78. The van der Waals surface area contributed by atoms with Gasteiger partial charge in [-0.2, -0.15) is 0 Å². The van der Waals surface area contributed by atoms with Crippen LogP contribution in [0.1, 0.15) is 12.5 Å². The van der Waals surface area contributed by atoms with Gasteiger partial charge >= 0.3 is 0 Å². The second kappa shape index (κ2) is 7.19. The minimum Gasteiger partial charge on any atom is -0.383 e. The van der Waals surface area contributed by atoms with Crippen molar-refractivity contribution in [2.24, 2.45) is 0 Å². The maximum Gasteiger partial charge on any atom is 0.257 e. The molecule has 1 aliphatic rings. The second-order valence-electron chi connectivity index (χ2n) is 5.78. The Kier molecular flexibility index (Phi) is 4.82. The van der Waals surface area contributed by atoms with Crippen LogP contribution < -0.4 is 16.0 Å². The van der Waals surface area contributed by atoms with Gasteiger partial charge in [0.05, 0.1) is 12.2 Å². The minimum absolute atomic E-state index is 0.0876. The summed E-state index contributed by atoms with van der Waals surface area (Å²) in [4.78, 5) is 12.0. The molecule has 2 aromatic carbocycles. The maximum absolute atomic E-state index is 12.0. The van der Waals surface area contributed by atoms with Crippen molar-refractivity contribution in [2.45, 2.75) is 13.0 Å². The zero-order valence-electron chi connectivity index (χ0n) is 13.8. The molecule has 5 nitrogen and oxygen atoms in total. The fraction of sp³-hybridized carbons (Fsp3) is 0.211. The molecule has 0 bridgehead atoms. The average molecular weight is 323 g/mol. The Morgan fingerprint density at radius 3 is 2.58 bits per heavy atom. The van der Waals surface area contributed by atoms with E-state index in [9.17, 15) is 4.79 Å². The first-order valence-corrected chi connectivity index (χ1v) is 7.90. The van der Waals surface area contributed by atoms with Crippen LogP contribution in [0, 0.1) is 0 Å². The number of carbonyl (C=O) groups is 1. The van der Waals surface area contributed by atoms with E-state index in [0.29, 0.717) is 12.2 Å². The molecule has 0 aliphatic carbocycles. The highest BCUT2D eigenvalue weighted by Gasteiger charge is 2.23. The van der Waals surface area contributed by atoms with E-state index in [-0.39, 0.29) is 11.9 Å². The molecule has 0 saturated heterocycles. The van der Waals surface area contributed by atoms with Crippen LogP contribution in [0.3, 0.4) is 0 Å². The summed E-state index contributed by atoms with van der Waals surface area (Å²) in [5, 5.41) is 9.40. The summed E-state index contributed by atoms with van der Waals surface area (Å²) in [6, 6.07) is 15.8. The fourth-order valence-electron chi connectivity index (χ4n) is 2.68. The van der Waals surface area contributed by atoms with Crippen LogP contribution in [0.15, 0.2) is 54.7 Å². The monoisotopic (exact) mass is 323 g/mol. The highest BCUT2D eigenvalue weighted by Crippen LogP contribution is 2.31. The Balaban J connectivity index is 1.68. The number of nitrogens with one attached hydrogen (secondary N) is 3. The van der Waals surface area contributed by atoms with Gasteiger partial charge in [-0.05, 0) is 37.3 Å². The molecule has 1 unspecified atom stereocenters. The Bertz CT molecular complexity index is 753. The molecule has 3 N–H and O–H groups in total. The van der Waals surface area contributed by atoms with Crippen molar-refractivity contribution in [2.75, 3.05) is 29.7 Å². The summed E-state index contributed by atoms with van der Waals surface area (Å²) in [6.45, 7) is 2.72. The van der Waals surface area contributed by atoms with Crippen LogP contribution in [-0.2, 0) is 9.53 Å². The third-order valence-corrected chi connectivity index (χ3v) is 3.81. The summed E-state index contributed by atoms with van der Waals surface area (Å²) in [7, 11) is 1.69. The Morgan fingerprint density at radius 2 is 1.83 bits per heavy atom. The summed E-state index contributed by atoms with van der Waals surface area (Å²) < 4.78 is 5.11. The van der Waals surface area contributed by atoms with Crippen molar-refractivity contribution >= 4 is 28.5 Å². The normalized spacial score (nSPS) is 15.8. The van der Waals surface area contributed by atoms with E-state index < -0.39 is 0 Å².